The third-order valence-corrected chi connectivity index (χ3v) is 9.30. The molecule has 2 aromatic heterocycles. The lowest BCUT2D eigenvalue weighted by atomic mass is 9.99. The van der Waals surface area contributed by atoms with Gasteiger partial charge in [-0.1, -0.05) is 17.4 Å². The number of aromatic nitrogens is 1. The fourth-order valence-electron chi connectivity index (χ4n) is 3.64. The molecule has 1 unspecified atom stereocenters. The molecule has 30 heavy (non-hydrogen) atoms. The molecule has 1 atom stereocenters. The van der Waals surface area contributed by atoms with Crippen LogP contribution in [0.5, 0.6) is 11.5 Å². The van der Waals surface area contributed by atoms with E-state index < -0.39 is 15.9 Å². The van der Waals surface area contributed by atoms with Crippen molar-refractivity contribution in [3.05, 3.63) is 29.6 Å². The highest BCUT2D eigenvalue weighted by molar-refractivity contribution is 7.91. The van der Waals surface area contributed by atoms with E-state index in [4.69, 9.17) is 9.47 Å². The number of carbonyl (C=O) groups excluding carboxylic acids is 1. The minimum atomic E-state index is -3.56. The van der Waals surface area contributed by atoms with Crippen LogP contribution < -0.4 is 14.8 Å². The lowest BCUT2D eigenvalue weighted by Gasteiger charge is -2.30. The van der Waals surface area contributed by atoms with Gasteiger partial charge in [0, 0.05) is 25.2 Å². The van der Waals surface area contributed by atoms with Crippen LogP contribution in [0, 0.1) is 5.92 Å². The Labute approximate surface area is 181 Å². The van der Waals surface area contributed by atoms with Crippen molar-refractivity contribution in [2.24, 2.45) is 5.92 Å². The number of sulfonamides is 1. The van der Waals surface area contributed by atoms with E-state index >= 15 is 0 Å². The minimum Gasteiger partial charge on any atom is -0.486 e. The van der Waals surface area contributed by atoms with Crippen molar-refractivity contribution in [1.29, 1.82) is 0 Å². The summed E-state index contributed by atoms with van der Waals surface area (Å²) < 4.78 is 39.4. The van der Waals surface area contributed by atoms with E-state index in [1.807, 2.05) is 12.1 Å². The Bertz CT molecular complexity index is 1150. The molecule has 0 bridgehead atoms. The lowest BCUT2D eigenvalue weighted by molar-refractivity contribution is -0.120. The Balaban J connectivity index is 1.31. The smallest absolute Gasteiger partial charge is 0.252 e. The Morgan fingerprint density at radius 3 is 2.80 bits per heavy atom. The zero-order valence-corrected chi connectivity index (χ0v) is 18.3. The van der Waals surface area contributed by atoms with E-state index in [1.165, 1.54) is 27.0 Å². The summed E-state index contributed by atoms with van der Waals surface area (Å²) in [7, 11) is -3.56. The maximum atomic E-state index is 12.8. The molecule has 0 spiro atoms. The van der Waals surface area contributed by atoms with Crippen LogP contribution in [-0.4, -0.2) is 49.9 Å². The van der Waals surface area contributed by atoms with Crippen molar-refractivity contribution in [2.45, 2.75) is 17.1 Å². The van der Waals surface area contributed by atoms with Gasteiger partial charge in [-0.05, 0) is 24.3 Å². The Hall–Kier alpha value is -2.21. The fraction of sp³-hybridized carbons (Fsp3) is 0.368. The second kappa shape index (κ2) is 7.80. The van der Waals surface area contributed by atoms with Gasteiger partial charge in [0.25, 0.3) is 10.0 Å². The van der Waals surface area contributed by atoms with Gasteiger partial charge < -0.3 is 14.8 Å². The van der Waals surface area contributed by atoms with Gasteiger partial charge in [0.15, 0.2) is 16.6 Å². The summed E-state index contributed by atoms with van der Waals surface area (Å²) in [4.78, 5) is 17.3. The highest BCUT2D eigenvalue weighted by Crippen LogP contribution is 2.38. The predicted molar refractivity (Wildman–Crippen MR) is 115 cm³/mol. The summed E-state index contributed by atoms with van der Waals surface area (Å²) in [6.45, 7) is 1.61. The molecule has 2 aliphatic heterocycles. The molecular weight excluding hydrogens is 446 g/mol. The number of anilines is 1. The molecule has 4 heterocycles. The number of nitrogens with one attached hydrogen (secondary N) is 1. The zero-order chi connectivity index (χ0) is 20.7. The summed E-state index contributed by atoms with van der Waals surface area (Å²) in [5.74, 6) is 0.702. The number of thiophene rings is 1. The Morgan fingerprint density at radius 1 is 1.23 bits per heavy atom. The first-order valence-corrected chi connectivity index (χ1v) is 12.7. The number of nitrogens with zero attached hydrogens (tertiary/aromatic N) is 2. The molecule has 1 fully saturated rings. The van der Waals surface area contributed by atoms with Crippen LogP contribution in [0.3, 0.4) is 0 Å². The Morgan fingerprint density at radius 2 is 2.03 bits per heavy atom. The zero-order valence-electron chi connectivity index (χ0n) is 15.9. The van der Waals surface area contributed by atoms with Crippen LogP contribution in [0.15, 0.2) is 33.9 Å². The van der Waals surface area contributed by atoms with E-state index in [9.17, 15) is 13.2 Å². The molecule has 5 rings (SSSR count). The lowest BCUT2D eigenvalue weighted by Crippen LogP contribution is -2.43. The summed E-state index contributed by atoms with van der Waals surface area (Å²) >= 11 is 2.55. The number of hydrogen-bond donors (Lipinski definition) is 1. The number of carbonyl (C=O) groups is 1. The molecule has 0 aliphatic carbocycles. The fourth-order valence-corrected chi connectivity index (χ4v) is 7.19. The van der Waals surface area contributed by atoms with Gasteiger partial charge in [-0.25, -0.2) is 13.4 Å². The molecule has 158 valence electrons. The minimum absolute atomic E-state index is 0.174. The normalized spacial score (nSPS) is 19.7. The van der Waals surface area contributed by atoms with E-state index in [0.29, 0.717) is 53.4 Å². The number of benzene rings is 1. The highest BCUT2D eigenvalue weighted by atomic mass is 32.2. The molecule has 8 nitrogen and oxygen atoms in total. The Kier molecular flexibility index (Phi) is 5.13. The van der Waals surface area contributed by atoms with Crippen molar-refractivity contribution in [3.8, 4) is 11.5 Å². The molecule has 11 heteroatoms. The molecular formula is C19H19N3O5S3. The van der Waals surface area contributed by atoms with Crippen LogP contribution in [0.4, 0.5) is 5.13 Å². The van der Waals surface area contributed by atoms with Crippen LogP contribution in [-0.2, 0) is 14.8 Å². The average molecular weight is 466 g/mol. The summed E-state index contributed by atoms with van der Waals surface area (Å²) in [6.07, 6.45) is 1.28. The third kappa shape index (κ3) is 3.66. The largest absolute Gasteiger partial charge is 0.486 e. The van der Waals surface area contributed by atoms with E-state index in [1.54, 1.807) is 17.5 Å². The van der Waals surface area contributed by atoms with Gasteiger partial charge >= 0.3 is 0 Å². The summed E-state index contributed by atoms with van der Waals surface area (Å²) in [6, 6.07) is 6.99. The molecule has 1 N–H and O–H groups in total. The van der Waals surface area contributed by atoms with Crippen LogP contribution in [0.25, 0.3) is 10.2 Å². The first kappa shape index (κ1) is 19.7. The predicted octanol–water partition coefficient (Wildman–Crippen LogP) is 3.17. The van der Waals surface area contributed by atoms with Gasteiger partial charge in [0.2, 0.25) is 5.91 Å². The standard InChI is InChI=1S/C19H19N3O5S3/c23-18(12-3-1-5-22(11-12)30(24,25)17-4-2-8-28-17)21-19-20-13-9-14-15(10-16(13)29-19)27-7-6-26-14/h2,4,8-10,12H,1,3,5-7,11H2,(H,20,21,23). The molecule has 3 aromatic rings. The number of fused-ring (bicyclic) bond motifs is 2. The number of thiazole rings is 1. The number of hydrogen-bond acceptors (Lipinski definition) is 8. The third-order valence-electron chi connectivity index (χ3n) is 5.13. The molecule has 1 aromatic carbocycles. The van der Waals surface area contributed by atoms with Gasteiger partial charge in [-0.2, -0.15) is 4.31 Å². The van der Waals surface area contributed by atoms with Crippen molar-refractivity contribution >= 4 is 54.0 Å². The van der Waals surface area contributed by atoms with Gasteiger partial charge in [-0.15, -0.1) is 11.3 Å². The molecule has 2 aliphatic rings. The van der Waals surface area contributed by atoms with E-state index in [0.717, 1.165) is 10.2 Å². The monoisotopic (exact) mass is 465 g/mol. The van der Waals surface area contributed by atoms with Crippen molar-refractivity contribution in [3.63, 3.8) is 0 Å². The summed E-state index contributed by atoms with van der Waals surface area (Å²) in [5.41, 5.74) is 0.727. The first-order valence-electron chi connectivity index (χ1n) is 9.55. The van der Waals surface area contributed by atoms with Crippen molar-refractivity contribution < 1.29 is 22.7 Å². The maximum absolute atomic E-state index is 12.8. The number of piperidine rings is 1. The van der Waals surface area contributed by atoms with Crippen LogP contribution in [0.1, 0.15) is 12.8 Å². The highest BCUT2D eigenvalue weighted by Gasteiger charge is 2.34. The van der Waals surface area contributed by atoms with Crippen molar-refractivity contribution in [1.82, 2.24) is 9.29 Å². The number of ether oxygens (including phenoxy) is 2. The van der Waals surface area contributed by atoms with Crippen LogP contribution >= 0.6 is 22.7 Å². The second-order valence-corrected chi connectivity index (χ2v) is 11.2. The van der Waals surface area contributed by atoms with Crippen molar-refractivity contribution in [2.75, 3.05) is 31.6 Å². The molecule has 0 saturated carbocycles. The van der Waals surface area contributed by atoms with Crippen LogP contribution in [0.2, 0.25) is 0 Å². The molecule has 1 amide bonds. The molecule has 1 saturated heterocycles. The SMILES string of the molecule is O=C(Nc1nc2cc3c(cc2s1)OCCO3)C1CCCN(S(=O)(=O)c2cccs2)C1. The van der Waals surface area contributed by atoms with E-state index in [-0.39, 0.29) is 12.5 Å². The number of amides is 1. The second-order valence-electron chi connectivity index (χ2n) is 7.11. The number of rotatable bonds is 4. The van der Waals surface area contributed by atoms with Gasteiger partial charge in [-0.3, -0.25) is 4.79 Å². The van der Waals surface area contributed by atoms with E-state index in [2.05, 4.69) is 10.3 Å². The quantitative estimate of drug-likeness (QED) is 0.636. The topological polar surface area (TPSA) is 97.8 Å². The van der Waals surface area contributed by atoms with Gasteiger partial charge in [0.05, 0.1) is 16.1 Å². The van der Waals surface area contributed by atoms with Gasteiger partial charge in [0.1, 0.15) is 17.4 Å². The maximum Gasteiger partial charge on any atom is 0.252 e. The summed E-state index contributed by atoms with van der Waals surface area (Å²) in [5, 5.41) is 5.09. The molecule has 0 radical (unpaired) electrons. The first-order chi connectivity index (χ1) is 14.5. The average Bonchev–Trinajstić information content (AvgIpc) is 3.42.